The van der Waals surface area contributed by atoms with Gasteiger partial charge in [0, 0.05) is 42.9 Å². The molecule has 0 bridgehead atoms. The first-order valence-electron chi connectivity index (χ1n) is 6.93. The number of furan rings is 1. The number of nitrogens with zero attached hydrogens (tertiary/aromatic N) is 2. The van der Waals surface area contributed by atoms with E-state index in [4.69, 9.17) is 10.2 Å². The lowest BCUT2D eigenvalue weighted by Crippen LogP contribution is -2.42. The lowest BCUT2D eigenvalue weighted by molar-refractivity contribution is 0.455. The molecule has 0 aliphatic carbocycles. The summed E-state index contributed by atoms with van der Waals surface area (Å²) in [6.07, 6.45) is 0.790. The lowest BCUT2D eigenvalue weighted by Gasteiger charge is -2.27. The van der Waals surface area contributed by atoms with Gasteiger partial charge in [0.05, 0.1) is 0 Å². The Morgan fingerprint density at radius 3 is 2.90 bits per heavy atom. The highest BCUT2D eigenvalue weighted by atomic mass is 32.2. The van der Waals surface area contributed by atoms with Gasteiger partial charge in [0.25, 0.3) is 0 Å². The molecule has 3 rings (SSSR count). The number of hydrogen-bond donors (Lipinski definition) is 1. The van der Waals surface area contributed by atoms with Crippen LogP contribution in [0.5, 0.6) is 0 Å². The van der Waals surface area contributed by atoms with E-state index in [1.807, 2.05) is 30.0 Å². The number of benzene rings is 1. The third kappa shape index (κ3) is 3.10. The number of thioether (sulfide) groups is 1. The molecule has 0 spiro atoms. The quantitative estimate of drug-likeness (QED) is 0.696. The van der Waals surface area contributed by atoms with E-state index in [0.29, 0.717) is 12.5 Å². The Labute approximate surface area is 123 Å². The van der Waals surface area contributed by atoms with E-state index < -0.39 is 0 Å². The molecule has 1 fully saturated rings. The summed E-state index contributed by atoms with van der Waals surface area (Å²) in [5, 5.41) is 1.15. The van der Waals surface area contributed by atoms with Crippen LogP contribution in [0.3, 0.4) is 0 Å². The normalized spacial score (nSPS) is 16.8. The fraction of sp³-hybridized carbons (Fsp3) is 0.400. The second kappa shape index (κ2) is 6.22. The van der Waals surface area contributed by atoms with E-state index in [1.165, 1.54) is 0 Å². The number of fused-ring (bicyclic) bond motifs is 1. The zero-order valence-electron chi connectivity index (χ0n) is 11.4. The fourth-order valence-electron chi connectivity index (χ4n) is 2.33. The van der Waals surface area contributed by atoms with Crippen molar-refractivity contribution < 1.29 is 4.42 Å². The standard InChI is InChI=1S/C15H19N3OS/c16-15(18-7-9-20-10-8-18)17-6-5-13-11-12-3-1-2-4-14(12)19-13/h1-4,11H,5-10H2,(H2,16,17). The number of rotatable bonds is 3. The van der Waals surface area contributed by atoms with Crippen LogP contribution in [0.4, 0.5) is 0 Å². The van der Waals surface area contributed by atoms with Gasteiger partial charge in [-0.1, -0.05) is 18.2 Å². The molecule has 1 aromatic carbocycles. The summed E-state index contributed by atoms with van der Waals surface area (Å²) in [5.41, 5.74) is 6.96. The van der Waals surface area contributed by atoms with Crippen molar-refractivity contribution in [3.05, 3.63) is 36.1 Å². The summed E-state index contributed by atoms with van der Waals surface area (Å²) < 4.78 is 5.77. The molecule has 1 aliphatic rings. The van der Waals surface area contributed by atoms with Crippen LogP contribution in [0.25, 0.3) is 11.0 Å². The second-order valence-corrected chi connectivity index (χ2v) is 6.06. The minimum Gasteiger partial charge on any atom is -0.461 e. The molecule has 2 aromatic rings. The number of para-hydroxylation sites is 1. The van der Waals surface area contributed by atoms with Gasteiger partial charge in [0.1, 0.15) is 11.3 Å². The Morgan fingerprint density at radius 2 is 2.10 bits per heavy atom. The Balaban J connectivity index is 1.58. The molecule has 0 unspecified atom stereocenters. The molecule has 4 nitrogen and oxygen atoms in total. The second-order valence-electron chi connectivity index (χ2n) is 4.84. The van der Waals surface area contributed by atoms with Gasteiger partial charge in [-0.05, 0) is 12.1 Å². The van der Waals surface area contributed by atoms with Crippen molar-refractivity contribution in [3.8, 4) is 0 Å². The van der Waals surface area contributed by atoms with Crippen LogP contribution in [-0.2, 0) is 6.42 Å². The van der Waals surface area contributed by atoms with Crippen LogP contribution in [0.1, 0.15) is 5.76 Å². The van der Waals surface area contributed by atoms with Gasteiger partial charge < -0.3 is 15.1 Å². The number of aliphatic imine (C=N–C) groups is 1. The predicted octanol–water partition coefficient (Wildman–Crippen LogP) is 2.34. The molecule has 0 atom stereocenters. The molecule has 20 heavy (non-hydrogen) atoms. The van der Waals surface area contributed by atoms with Crippen LogP contribution in [0.15, 0.2) is 39.7 Å². The van der Waals surface area contributed by atoms with E-state index in [0.717, 1.165) is 47.7 Å². The van der Waals surface area contributed by atoms with Gasteiger partial charge in [0.2, 0.25) is 0 Å². The first-order chi connectivity index (χ1) is 9.83. The number of nitrogens with two attached hydrogens (primary N) is 1. The molecule has 1 saturated heterocycles. The third-order valence-electron chi connectivity index (χ3n) is 3.44. The van der Waals surface area contributed by atoms with Crippen LogP contribution in [0, 0.1) is 0 Å². The summed E-state index contributed by atoms with van der Waals surface area (Å²) >= 11 is 1.97. The topological polar surface area (TPSA) is 54.8 Å². The molecule has 0 amide bonds. The fourth-order valence-corrected chi connectivity index (χ4v) is 3.24. The van der Waals surface area contributed by atoms with Gasteiger partial charge in [-0.3, -0.25) is 4.99 Å². The van der Waals surface area contributed by atoms with Crippen LogP contribution in [0.2, 0.25) is 0 Å². The van der Waals surface area contributed by atoms with Crippen molar-refractivity contribution in [2.24, 2.45) is 10.7 Å². The zero-order chi connectivity index (χ0) is 13.8. The SMILES string of the molecule is NC(=NCCc1cc2ccccc2o1)N1CCSCC1. The molecule has 2 heterocycles. The van der Waals surface area contributed by atoms with Crippen molar-refractivity contribution in [1.82, 2.24) is 4.90 Å². The highest BCUT2D eigenvalue weighted by molar-refractivity contribution is 7.99. The molecule has 5 heteroatoms. The van der Waals surface area contributed by atoms with Crippen molar-refractivity contribution in [2.45, 2.75) is 6.42 Å². The Bertz CT molecular complexity index is 569. The maximum Gasteiger partial charge on any atom is 0.191 e. The lowest BCUT2D eigenvalue weighted by atomic mass is 10.2. The minimum absolute atomic E-state index is 0.668. The minimum atomic E-state index is 0.668. The Morgan fingerprint density at radius 1 is 1.30 bits per heavy atom. The summed E-state index contributed by atoms with van der Waals surface area (Å²) in [7, 11) is 0. The van der Waals surface area contributed by atoms with Gasteiger partial charge in [-0.2, -0.15) is 11.8 Å². The molecule has 1 aliphatic heterocycles. The van der Waals surface area contributed by atoms with E-state index in [2.05, 4.69) is 22.0 Å². The van der Waals surface area contributed by atoms with Crippen LogP contribution >= 0.6 is 11.8 Å². The maximum absolute atomic E-state index is 6.02. The molecule has 1 aromatic heterocycles. The maximum atomic E-state index is 6.02. The van der Waals surface area contributed by atoms with Gasteiger partial charge in [-0.15, -0.1) is 0 Å². The van der Waals surface area contributed by atoms with E-state index >= 15 is 0 Å². The number of guanidine groups is 1. The van der Waals surface area contributed by atoms with Crippen molar-refractivity contribution in [1.29, 1.82) is 0 Å². The summed E-state index contributed by atoms with van der Waals surface area (Å²) in [5.74, 6) is 3.91. The summed E-state index contributed by atoms with van der Waals surface area (Å²) in [6.45, 7) is 2.69. The van der Waals surface area contributed by atoms with Gasteiger partial charge in [0.15, 0.2) is 5.96 Å². The molecular weight excluding hydrogens is 270 g/mol. The molecule has 0 saturated carbocycles. The largest absolute Gasteiger partial charge is 0.461 e. The third-order valence-corrected chi connectivity index (χ3v) is 4.39. The molecule has 106 valence electrons. The van der Waals surface area contributed by atoms with E-state index in [-0.39, 0.29) is 0 Å². The average Bonchev–Trinajstić information content (AvgIpc) is 2.90. The highest BCUT2D eigenvalue weighted by Gasteiger charge is 2.11. The predicted molar refractivity (Wildman–Crippen MR) is 85.3 cm³/mol. The van der Waals surface area contributed by atoms with Gasteiger partial charge >= 0.3 is 0 Å². The average molecular weight is 289 g/mol. The highest BCUT2D eigenvalue weighted by Crippen LogP contribution is 2.19. The van der Waals surface area contributed by atoms with E-state index in [1.54, 1.807) is 0 Å². The zero-order valence-corrected chi connectivity index (χ0v) is 12.2. The Hall–Kier alpha value is -1.62. The summed E-state index contributed by atoms with van der Waals surface area (Å²) in [4.78, 5) is 6.63. The van der Waals surface area contributed by atoms with Crippen molar-refractivity contribution >= 4 is 28.7 Å². The first-order valence-corrected chi connectivity index (χ1v) is 8.08. The van der Waals surface area contributed by atoms with Crippen LogP contribution in [-0.4, -0.2) is 42.0 Å². The smallest absolute Gasteiger partial charge is 0.191 e. The number of hydrogen-bond acceptors (Lipinski definition) is 3. The Kier molecular flexibility index (Phi) is 4.16. The molecule has 2 N–H and O–H groups in total. The van der Waals surface area contributed by atoms with Crippen molar-refractivity contribution in [2.75, 3.05) is 31.1 Å². The monoisotopic (exact) mass is 289 g/mol. The molecule has 0 radical (unpaired) electrons. The van der Waals surface area contributed by atoms with Crippen molar-refractivity contribution in [3.63, 3.8) is 0 Å². The first kappa shape index (κ1) is 13.4. The van der Waals surface area contributed by atoms with Crippen LogP contribution < -0.4 is 5.73 Å². The van der Waals surface area contributed by atoms with Gasteiger partial charge in [-0.25, -0.2) is 0 Å². The van der Waals surface area contributed by atoms with E-state index in [9.17, 15) is 0 Å². The molecular formula is C15H19N3OS. The summed E-state index contributed by atoms with van der Waals surface area (Å²) in [6, 6.07) is 10.1.